The first-order valence-corrected chi connectivity index (χ1v) is 6.46. The largest absolute Gasteiger partial charge is 0.494 e. The van der Waals surface area contributed by atoms with E-state index < -0.39 is 0 Å². The van der Waals surface area contributed by atoms with E-state index in [0.717, 1.165) is 16.9 Å². The fourth-order valence-corrected chi connectivity index (χ4v) is 2.09. The minimum atomic E-state index is 0.0561. The molecule has 0 radical (unpaired) electrons. The van der Waals surface area contributed by atoms with Crippen LogP contribution in [0.2, 0.25) is 0 Å². The Bertz CT molecular complexity index is 583. The predicted octanol–water partition coefficient (Wildman–Crippen LogP) is 3.93. The molecule has 0 saturated heterocycles. The van der Waals surface area contributed by atoms with E-state index in [2.05, 4.69) is 0 Å². The third-order valence-electron chi connectivity index (χ3n) is 3.05. The molecule has 0 bridgehead atoms. The van der Waals surface area contributed by atoms with Gasteiger partial charge in [-0.3, -0.25) is 4.79 Å². The molecule has 2 heteroatoms. The lowest BCUT2D eigenvalue weighted by Crippen LogP contribution is -2.04. The normalized spacial score (nSPS) is 10.3. The van der Waals surface area contributed by atoms with E-state index in [4.69, 9.17) is 4.74 Å². The van der Waals surface area contributed by atoms with Crippen molar-refractivity contribution in [1.29, 1.82) is 0 Å². The summed E-state index contributed by atoms with van der Waals surface area (Å²) in [6.45, 7) is 6.56. The molecule has 0 fully saturated rings. The van der Waals surface area contributed by atoms with Gasteiger partial charge in [0.15, 0.2) is 5.78 Å². The van der Waals surface area contributed by atoms with Gasteiger partial charge in [-0.15, -0.1) is 0 Å². The Morgan fingerprint density at radius 2 is 1.74 bits per heavy atom. The summed E-state index contributed by atoms with van der Waals surface area (Å²) < 4.78 is 5.37. The molecule has 0 aromatic heterocycles. The van der Waals surface area contributed by atoms with Crippen molar-refractivity contribution in [2.24, 2.45) is 0 Å². The van der Waals surface area contributed by atoms with Crippen LogP contribution in [-0.2, 0) is 0 Å². The Labute approximate surface area is 114 Å². The number of hydrogen-bond donors (Lipinski definition) is 0. The van der Waals surface area contributed by atoms with Crippen molar-refractivity contribution in [2.75, 3.05) is 6.61 Å². The van der Waals surface area contributed by atoms with Crippen LogP contribution >= 0.6 is 0 Å². The molecule has 0 atom stereocenters. The van der Waals surface area contributed by atoms with Crippen LogP contribution < -0.4 is 4.74 Å². The Morgan fingerprint density at radius 1 is 1.05 bits per heavy atom. The van der Waals surface area contributed by atoms with Crippen LogP contribution in [0.1, 0.15) is 34.0 Å². The van der Waals surface area contributed by atoms with E-state index in [1.807, 2.05) is 63.2 Å². The van der Waals surface area contributed by atoms with Crippen LogP contribution in [0.4, 0.5) is 0 Å². The molecule has 0 amide bonds. The first-order chi connectivity index (χ1) is 9.11. The number of aryl methyl sites for hydroxylation is 2. The maximum atomic E-state index is 12.4. The Morgan fingerprint density at radius 3 is 2.32 bits per heavy atom. The van der Waals surface area contributed by atoms with Crippen LogP contribution in [0.15, 0.2) is 42.5 Å². The highest BCUT2D eigenvalue weighted by Crippen LogP contribution is 2.18. The van der Waals surface area contributed by atoms with Crippen LogP contribution in [0, 0.1) is 13.8 Å². The fourth-order valence-electron chi connectivity index (χ4n) is 2.09. The third kappa shape index (κ3) is 3.02. The maximum absolute atomic E-state index is 12.4. The highest BCUT2D eigenvalue weighted by atomic mass is 16.5. The number of carbonyl (C=O) groups excluding carboxylic acids is 1. The van der Waals surface area contributed by atoms with Gasteiger partial charge in [-0.05, 0) is 50.6 Å². The van der Waals surface area contributed by atoms with Crippen molar-refractivity contribution in [1.82, 2.24) is 0 Å². The standard InChI is InChI=1S/C17H18O2/c1-4-19-15-8-6-14(7-9-15)17(18)16-10-5-12(2)11-13(16)3/h5-11H,4H2,1-3H3. The smallest absolute Gasteiger partial charge is 0.193 e. The summed E-state index contributed by atoms with van der Waals surface area (Å²) in [6, 6.07) is 13.2. The Kier molecular flexibility index (Phi) is 4.00. The molecule has 19 heavy (non-hydrogen) atoms. The van der Waals surface area contributed by atoms with Gasteiger partial charge >= 0.3 is 0 Å². The topological polar surface area (TPSA) is 26.3 Å². The highest BCUT2D eigenvalue weighted by Gasteiger charge is 2.11. The second-order valence-corrected chi connectivity index (χ2v) is 4.60. The molecule has 0 aliphatic heterocycles. The molecule has 98 valence electrons. The van der Waals surface area contributed by atoms with Crippen molar-refractivity contribution < 1.29 is 9.53 Å². The van der Waals surface area contributed by atoms with Crippen molar-refractivity contribution in [3.05, 3.63) is 64.7 Å². The molecule has 2 aromatic carbocycles. The van der Waals surface area contributed by atoms with E-state index in [-0.39, 0.29) is 5.78 Å². The summed E-state index contributed by atoms with van der Waals surface area (Å²) in [7, 11) is 0. The van der Waals surface area contributed by atoms with Gasteiger partial charge in [0.2, 0.25) is 0 Å². The Hall–Kier alpha value is -2.09. The lowest BCUT2D eigenvalue weighted by Gasteiger charge is -2.07. The summed E-state index contributed by atoms with van der Waals surface area (Å²) in [5.41, 5.74) is 3.63. The summed E-state index contributed by atoms with van der Waals surface area (Å²) in [5.74, 6) is 0.847. The minimum absolute atomic E-state index is 0.0561. The van der Waals surface area contributed by atoms with Gasteiger partial charge in [-0.2, -0.15) is 0 Å². The lowest BCUT2D eigenvalue weighted by atomic mass is 9.97. The molecule has 0 N–H and O–H groups in total. The van der Waals surface area contributed by atoms with E-state index in [1.165, 1.54) is 5.56 Å². The third-order valence-corrected chi connectivity index (χ3v) is 3.05. The van der Waals surface area contributed by atoms with Gasteiger partial charge in [-0.1, -0.05) is 23.8 Å². The van der Waals surface area contributed by atoms with Gasteiger partial charge in [0.05, 0.1) is 6.61 Å². The van der Waals surface area contributed by atoms with Crippen LogP contribution in [0.5, 0.6) is 5.75 Å². The zero-order valence-corrected chi connectivity index (χ0v) is 11.6. The fraction of sp³-hybridized carbons (Fsp3) is 0.235. The molecule has 2 nitrogen and oxygen atoms in total. The maximum Gasteiger partial charge on any atom is 0.193 e. The van der Waals surface area contributed by atoms with Gasteiger partial charge < -0.3 is 4.74 Å². The number of hydrogen-bond acceptors (Lipinski definition) is 2. The summed E-state index contributed by atoms with van der Waals surface area (Å²) in [4.78, 5) is 12.4. The van der Waals surface area contributed by atoms with Gasteiger partial charge in [0.1, 0.15) is 5.75 Å². The number of benzene rings is 2. The van der Waals surface area contributed by atoms with Crippen LogP contribution in [0.3, 0.4) is 0 Å². The van der Waals surface area contributed by atoms with Crippen molar-refractivity contribution in [2.45, 2.75) is 20.8 Å². The zero-order chi connectivity index (χ0) is 13.8. The van der Waals surface area contributed by atoms with Crippen molar-refractivity contribution in [3.63, 3.8) is 0 Å². The molecular weight excluding hydrogens is 236 g/mol. The molecule has 0 saturated carbocycles. The van der Waals surface area contributed by atoms with E-state index in [9.17, 15) is 4.79 Å². The molecule has 0 unspecified atom stereocenters. The van der Waals surface area contributed by atoms with E-state index in [1.54, 1.807) is 0 Å². The molecular formula is C17H18O2. The van der Waals surface area contributed by atoms with Gasteiger partial charge in [0, 0.05) is 11.1 Å². The average Bonchev–Trinajstić information content (AvgIpc) is 2.39. The molecule has 0 heterocycles. The molecule has 0 aliphatic carbocycles. The molecule has 2 rings (SSSR count). The van der Waals surface area contributed by atoms with Gasteiger partial charge in [-0.25, -0.2) is 0 Å². The molecule has 2 aromatic rings. The van der Waals surface area contributed by atoms with Gasteiger partial charge in [0.25, 0.3) is 0 Å². The predicted molar refractivity (Wildman–Crippen MR) is 77.0 cm³/mol. The summed E-state index contributed by atoms with van der Waals surface area (Å²) in [6.07, 6.45) is 0. The molecule has 0 aliphatic rings. The zero-order valence-electron chi connectivity index (χ0n) is 11.6. The van der Waals surface area contributed by atoms with E-state index in [0.29, 0.717) is 12.2 Å². The summed E-state index contributed by atoms with van der Waals surface area (Å²) >= 11 is 0. The second kappa shape index (κ2) is 5.70. The van der Waals surface area contributed by atoms with Crippen molar-refractivity contribution >= 4 is 5.78 Å². The monoisotopic (exact) mass is 254 g/mol. The number of ketones is 1. The average molecular weight is 254 g/mol. The summed E-state index contributed by atoms with van der Waals surface area (Å²) in [5, 5.41) is 0. The lowest BCUT2D eigenvalue weighted by molar-refractivity contribution is 0.103. The number of carbonyl (C=O) groups is 1. The van der Waals surface area contributed by atoms with Crippen LogP contribution in [-0.4, -0.2) is 12.4 Å². The number of rotatable bonds is 4. The first kappa shape index (κ1) is 13.3. The first-order valence-electron chi connectivity index (χ1n) is 6.46. The Balaban J connectivity index is 2.28. The molecule has 0 spiro atoms. The van der Waals surface area contributed by atoms with E-state index >= 15 is 0 Å². The quantitative estimate of drug-likeness (QED) is 0.773. The highest BCUT2D eigenvalue weighted by molar-refractivity contribution is 6.09. The van der Waals surface area contributed by atoms with Crippen LogP contribution in [0.25, 0.3) is 0 Å². The second-order valence-electron chi connectivity index (χ2n) is 4.60. The SMILES string of the molecule is CCOc1ccc(C(=O)c2ccc(C)cc2C)cc1. The number of ether oxygens (including phenoxy) is 1. The minimum Gasteiger partial charge on any atom is -0.494 e. The van der Waals surface area contributed by atoms with Crippen molar-refractivity contribution in [3.8, 4) is 5.75 Å².